The molecule has 0 saturated heterocycles. The molecule has 6 rings (SSSR count). The Kier molecular flexibility index (Phi) is 6.57. The van der Waals surface area contributed by atoms with E-state index in [1.54, 1.807) is 7.11 Å². The van der Waals surface area contributed by atoms with Gasteiger partial charge in [0.15, 0.2) is 5.78 Å². The first kappa shape index (κ1) is 28.5. The topological polar surface area (TPSA) is 26.3 Å². The fourth-order valence-electron chi connectivity index (χ4n) is 12.6. The van der Waals surface area contributed by atoms with Crippen LogP contribution in [0.25, 0.3) is 6.08 Å². The van der Waals surface area contributed by atoms with Gasteiger partial charge in [-0.1, -0.05) is 67.5 Å². The van der Waals surface area contributed by atoms with E-state index in [1.165, 1.54) is 51.4 Å². The largest absolute Gasteiger partial charge is 0.497 e. The summed E-state index contributed by atoms with van der Waals surface area (Å²) in [5.74, 6) is 5.82. The van der Waals surface area contributed by atoms with Gasteiger partial charge in [-0.25, -0.2) is 0 Å². The number of carbonyl (C=O) groups excluding carboxylic acids is 1. The van der Waals surface area contributed by atoms with Crippen molar-refractivity contribution in [3.05, 3.63) is 35.4 Å². The van der Waals surface area contributed by atoms with Crippen molar-refractivity contribution >= 4 is 11.9 Å². The van der Waals surface area contributed by atoms with Crippen molar-refractivity contribution in [2.45, 2.75) is 113 Å². The van der Waals surface area contributed by atoms with Gasteiger partial charge in [-0.15, -0.1) is 0 Å². The minimum absolute atomic E-state index is 0.157. The molecule has 0 amide bonds. The number of ketones is 1. The highest BCUT2D eigenvalue weighted by Gasteiger charge is 2.70. The van der Waals surface area contributed by atoms with Crippen LogP contribution in [0.3, 0.4) is 0 Å². The molecule has 5 aliphatic rings. The number of allylic oxidation sites excluding steroid dienone is 1. The summed E-state index contributed by atoms with van der Waals surface area (Å²) in [5, 5.41) is 0. The molecule has 9 atom stereocenters. The lowest BCUT2D eigenvalue weighted by Gasteiger charge is -2.72. The molecular formula is C38H56O2. The Labute approximate surface area is 245 Å². The normalized spacial score (nSPS) is 46.9. The number of hydrogen-bond donors (Lipinski definition) is 0. The van der Waals surface area contributed by atoms with E-state index >= 15 is 0 Å². The second kappa shape index (κ2) is 9.21. The van der Waals surface area contributed by atoms with E-state index in [9.17, 15) is 4.79 Å². The molecule has 0 bridgehead atoms. The van der Waals surface area contributed by atoms with Crippen LogP contribution in [0, 0.1) is 62.6 Å². The van der Waals surface area contributed by atoms with Gasteiger partial charge in [-0.3, -0.25) is 4.79 Å². The van der Waals surface area contributed by atoms with Crippen molar-refractivity contribution in [2.24, 2.45) is 62.6 Å². The number of Topliss-reactive ketones (excluding diaryl/α,β-unsaturated/α-hetero) is 1. The van der Waals surface area contributed by atoms with Gasteiger partial charge in [-0.05, 0) is 144 Å². The van der Waals surface area contributed by atoms with Crippen LogP contribution in [0.15, 0.2) is 29.8 Å². The van der Waals surface area contributed by atoms with Gasteiger partial charge in [0.2, 0.25) is 0 Å². The average Bonchev–Trinajstić information content (AvgIpc) is 3.26. The monoisotopic (exact) mass is 544 g/mol. The lowest BCUT2D eigenvalue weighted by Crippen LogP contribution is -2.66. The van der Waals surface area contributed by atoms with Crippen molar-refractivity contribution in [2.75, 3.05) is 7.11 Å². The van der Waals surface area contributed by atoms with Gasteiger partial charge in [0.25, 0.3) is 0 Å². The lowest BCUT2D eigenvalue weighted by atomic mass is 9.32. The second-order valence-electron chi connectivity index (χ2n) is 17.0. The maximum Gasteiger partial charge on any atom is 0.164 e. The van der Waals surface area contributed by atoms with E-state index in [2.05, 4.69) is 73.6 Å². The minimum atomic E-state index is -0.316. The highest BCUT2D eigenvalue weighted by molar-refractivity contribution is 6.04. The predicted octanol–water partition coefficient (Wildman–Crippen LogP) is 10.0. The minimum Gasteiger partial charge on any atom is -0.497 e. The maximum atomic E-state index is 14.1. The van der Waals surface area contributed by atoms with Crippen LogP contribution in [0.1, 0.15) is 119 Å². The summed E-state index contributed by atoms with van der Waals surface area (Å²) in [4.78, 5) is 14.1. The Morgan fingerprint density at radius 1 is 0.825 bits per heavy atom. The van der Waals surface area contributed by atoms with Gasteiger partial charge >= 0.3 is 0 Å². The number of rotatable bonds is 3. The molecule has 2 nitrogen and oxygen atoms in total. The van der Waals surface area contributed by atoms with E-state index in [-0.39, 0.29) is 10.8 Å². The summed E-state index contributed by atoms with van der Waals surface area (Å²) in [6.45, 7) is 20.3. The zero-order valence-corrected chi connectivity index (χ0v) is 27.0. The SMILES string of the molecule is COc1ccc(/C=C2/CC3(C)C4CCC5[C@H]6[C@H](C(C)C)CCC6(C)CC[C@@]5(C)C4(C)CC[C@H]3C(C)(C)C2=O)cc1. The van der Waals surface area contributed by atoms with Gasteiger partial charge in [0.05, 0.1) is 7.11 Å². The zero-order chi connectivity index (χ0) is 28.9. The van der Waals surface area contributed by atoms with Crippen molar-refractivity contribution in [1.29, 1.82) is 0 Å². The molecule has 1 aromatic carbocycles. The summed E-state index contributed by atoms with van der Waals surface area (Å²) in [5.41, 5.74) is 3.30. The first-order chi connectivity index (χ1) is 18.7. The zero-order valence-electron chi connectivity index (χ0n) is 27.0. The molecule has 5 saturated carbocycles. The molecule has 0 aliphatic heterocycles. The summed E-state index contributed by atoms with van der Waals surface area (Å²) in [6, 6.07) is 8.23. The summed E-state index contributed by atoms with van der Waals surface area (Å²) < 4.78 is 5.39. The molecule has 5 aliphatic carbocycles. The molecule has 5 unspecified atom stereocenters. The summed E-state index contributed by atoms with van der Waals surface area (Å²) in [6.07, 6.45) is 14.1. The molecule has 2 heteroatoms. The highest BCUT2D eigenvalue weighted by atomic mass is 16.5. The standard InChI is InChI=1S/C38H56O2/c1-24(2)28-16-18-35(5)20-21-37(7)29(32(28)35)14-15-31-36(6)23-26(22-25-10-12-27(40-9)13-11-25)33(39)34(3,4)30(36)17-19-38(31,37)8/h10-13,22,24,28-32H,14-21,23H2,1-9H3/b26-22-/t28-,29?,30-,31?,32+,35?,36?,37+,38?/m0/s1. The van der Waals surface area contributed by atoms with E-state index in [1.807, 2.05) is 12.1 Å². The van der Waals surface area contributed by atoms with Gasteiger partial charge < -0.3 is 4.74 Å². The van der Waals surface area contributed by atoms with Crippen LogP contribution < -0.4 is 4.74 Å². The van der Waals surface area contributed by atoms with Crippen LogP contribution in [0.2, 0.25) is 0 Å². The van der Waals surface area contributed by atoms with Gasteiger partial charge in [0.1, 0.15) is 5.75 Å². The second-order valence-corrected chi connectivity index (χ2v) is 17.0. The Morgan fingerprint density at radius 3 is 2.17 bits per heavy atom. The first-order valence-electron chi connectivity index (χ1n) is 16.6. The molecule has 0 aromatic heterocycles. The third-order valence-corrected chi connectivity index (χ3v) is 14.8. The van der Waals surface area contributed by atoms with E-state index in [0.29, 0.717) is 33.9 Å². The average molecular weight is 545 g/mol. The quantitative estimate of drug-likeness (QED) is 0.354. The van der Waals surface area contributed by atoms with Gasteiger partial charge in [-0.2, -0.15) is 0 Å². The number of benzene rings is 1. The summed E-state index contributed by atoms with van der Waals surface area (Å²) >= 11 is 0. The first-order valence-corrected chi connectivity index (χ1v) is 16.6. The fourth-order valence-corrected chi connectivity index (χ4v) is 12.6. The predicted molar refractivity (Wildman–Crippen MR) is 166 cm³/mol. The van der Waals surface area contributed by atoms with E-state index in [0.717, 1.165) is 47.0 Å². The maximum absolute atomic E-state index is 14.1. The van der Waals surface area contributed by atoms with Crippen LogP contribution in [0.5, 0.6) is 5.75 Å². The Balaban J connectivity index is 1.38. The van der Waals surface area contributed by atoms with Crippen LogP contribution in [-0.2, 0) is 4.79 Å². The number of fused-ring (bicyclic) bond motifs is 7. The smallest absolute Gasteiger partial charge is 0.164 e. The molecule has 5 fully saturated rings. The number of carbonyl (C=O) groups is 1. The molecule has 0 radical (unpaired) electrons. The van der Waals surface area contributed by atoms with Crippen LogP contribution in [-0.4, -0.2) is 12.9 Å². The molecule has 220 valence electrons. The number of methoxy groups -OCH3 is 1. The molecule has 0 N–H and O–H groups in total. The highest BCUT2D eigenvalue weighted by Crippen LogP contribution is 2.77. The Hall–Kier alpha value is -1.57. The van der Waals surface area contributed by atoms with Crippen molar-refractivity contribution in [1.82, 2.24) is 0 Å². The summed E-state index contributed by atoms with van der Waals surface area (Å²) in [7, 11) is 1.71. The number of hydrogen-bond acceptors (Lipinski definition) is 2. The van der Waals surface area contributed by atoms with E-state index in [4.69, 9.17) is 4.74 Å². The molecular weight excluding hydrogens is 488 g/mol. The van der Waals surface area contributed by atoms with Crippen LogP contribution in [0.4, 0.5) is 0 Å². The van der Waals surface area contributed by atoms with E-state index < -0.39 is 0 Å². The molecule has 40 heavy (non-hydrogen) atoms. The van der Waals surface area contributed by atoms with Crippen molar-refractivity contribution in [3.8, 4) is 5.75 Å². The fraction of sp³-hybridized carbons (Fsp3) is 0.763. The Morgan fingerprint density at radius 2 is 1.52 bits per heavy atom. The van der Waals surface area contributed by atoms with Crippen LogP contribution >= 0.6 is 0 Å². The lowest BCUT2D eigenvalue weighted by molar-refractivity contribution is -0.230. The van der Waals surface area contributed by atoms with Crippen molar-refractivity contribution < 1.29 is 9.53 Å². The molecule has 0 heterocycles. The molecule has 0 spiro atoms. The molecule has 1 aromatic rings. The third kappa shape index (κ3) is 3.75. The van der Waals surface area contributed by atoms with Crippen molar-refractivity contribution in [3.63, 3.8) is 0 Å². The van der Waals surface area contributed by atoms with Gasteiger partial charge in [0, 0.05) is 5.41 Å². The number of ether oxygens (including phenoxy) is 1. The Bertz CT molecular complexity index is 1190. The third-order valence-electron chi connectivity index (χ3n) is 14.8.